The maximum atomic E-state index is 13.6. The molecule has 0 bridgehead atoms. The second kappa shape index (κ2) is 8.94. The number of carbonyl (C=O) groups is 1. The molecule has 1 aliphatic rings. The fourth-order valence-corrected chi connectivity index (χ4v) is 6.43. The average molecular weight is 455 g/mol. The number of sulfonamides is 1. The highest BCUT2D eigenvalue weighted by molar-refractivity contribution is 7.89. The first-order chi connectivity index (χ1) is 14.8. The van der Waals surface area contributed by atoms with Crippen molar-refractivity contribution in [3.05, 3.63) is 87.1 Å². The average Bonchev–Trinajstić information content (AvgIpc) is 3.23. The molecule has 4 rings (SSSR count). The number of benzene rings is 2. The van der Waals surface area contributed by atoms with Gasteiger partial charge in [0.1, 0.15) is 0 Å². The highest BCUT2D eigenvalue weighted by Gasteiger charge is 2.31. The van der Waals surface area contributed by atoms with E-state index in [0.717, 1.165) is 23.1 Å². The van der Waals surface area contributed by atoms with Gasteiger partial charge in [-0.1, -0.05) is 42.5 Å². The van der Waals surface area contributed by atoms with Gasteiger partial charge in [-0.25, -0.2) is 8.42 Å². The van der Waals surface area contributed by atoms with Crippen molar-refractivity contribution in [2.75, 3.05) is 13.1 Å². The van der Waals surface area contributed by atoms with Gasteiger partial charge in [-0.15, -0.1) is 11.3 Å². The Balaban J connectivity index is 1.63. The number of carbonyl (C=O) groups excluding carboxylic acids is 1. The molecule has 0 saturated carbocycles. The van der Waals surface area contributed by atoms with Crippen LogP contribution in [0.4, 0.5) is 0 Å². The topological polar surface area (TPSA) is 57.7 Å². The van der Waals surface area contributed by atoms with Gasteiger partial charge in [0.25, 0.3) is 0 Å². The number of hydrogen-bond acceptors (Lipinski definition) is 4. The quantitative estimate of drug-likeness (QED) is 0.562. The Bertz CT molecular complexity index is 1190. The van der Waals surface area contributed by atoms with E-state index in [1.807, 2.05) is 60.8 Å². The lowest BCUT2D eigenvalue weighted by Crippen LogP contribution is -2.44. The zero-order valence-electron chi connectivity index (χ0n) is 17.7. The molecule has 5 nitrogen and oxygen atoms in total. The summed E-state index contributed by atoms with van der Waals surface area (Å²) in [6.45, 7) is 4.80. The van der Waals surface area contributed by atoms with E-state index in [2.05, 4.69) is 0 Å². The summed E-state index contributed by atoms with van der Waals surface area (Å²) in [6, 6.07) is 16.9. The SMILES string of the molecule is Cc1ccc(C)c(S(=O)(=O)N(CC(=O)N2CCc3sccc3C2)Cc2ccccc2)c1. The van der Waals surface area contributed by atoms with Crippen LogP contribution in [0.15, 0.2) is 64.9 Å². The monoisotopic (exact) mass is 454 g/mol. The molecule has 0 unspecified atom stereocenters. The summed E-state index contributed by atoms with van der Waals surface area (Å²) in [4.78, 5) is 16.5. The number of amides is 1. The van der Waals surface area contributed by atoms with Crippen LogP contribution in [0.25, 0.3) is 0 Å². The Morgan fingerprint density at radius 3 is 2.65 bits per heavy atom. The first-order valence-electron chi connectivity index (χ1n) is 10.3. The fourth-order valence-electron chi connectivity index (χ4n) is 3.85. The molecule has 7 heteroatoms. The number of aryl methyl sites for hydroxylation is 2. The Hall–Kier alpha value is -2.48. The summed E-state index contributed by atoms with van der Waals surface area (Å²) in [5.74, 6) is -0.165. The summed E-state index contributed by atoms with van der Waals surface area (Å²) in [5.41, 5.74) is 3.56. The van der Waals surface area contributed by atoms with Gasteiger partial charge in [0, 0.05) is 24.5 Å². The standard InChI is InChI=1S/C24H26N2O3S2/c1-18-8-9-19(2)23(14-18)31(28,29)26(15-20-6-4-3-5-7-20)17-24(27)25-12-10-22-21(16-25)11-13-30-22/h3-9,11,13-14H,10,12,15-17H2,1-2H3. The van der Waals surface area contributed by atoms with Crippen molar-refractivity contribution in [1.82, 2.24) is 9.21 Å². The third kappa shape index (κ3) is 4.74. The second-order valence-corrected chi connectivity index (χ2v) is 10.9. The third-order valence-electron chi connectivity index (χ3n) is 5.64. The Morgan fingerprint density at radius 2 is 1.87 bits per heavy atom. The lowest BCUT2D eigenvalue weighted by Gasteiger charge is -2.30. The molecule has 0 saturated heterocycles. The molecule has 162 valence electrons. The second-order valence-electron chi connectivity index (χ2n) is 7.96. The van der Waals surface area contributed by atoms with Crippen LogP contribution < -0.4 is 0 Å². The number of thiophene rings is 1. The summed E-state index contributed by atoms with van der Waals surface area (Å²) >= 11 is 1.72. The summed E-state index contributed by atoms with van der Waals surface area (Å²) in [5, 5.41) is 2.05. The predicted octanol–water partition coefficient (Wildman–Crippen LogP) is 4.14. The van der Waals surface area contributed by atoms with Crippen LogP contribution in [0.1, 0.15) is 27.1 Å². The van der Waals surface area contributed by atoms with Crippen molar-refractivity contribution in [3.8, 4) is 0 Å². The van der Waals surface area contributed by atoms with E-state index in [-0.39, 0.29) is 23.9 Å². The molecule has 3 aromatic rings. The maximum Gasteiger partial charge on any atom is 0.244 e. The largest absolute Gasteiger partial charge is 0.337 e. The minimum absolute atomic E-state index is 0.153. The molecule has 0 N–H and O–H groups in total. The molecule has 0 spiro atoms. The van der Waals surface area contributed by atoms with E-state index in [4.69, 9.17) is 0 Å². The van der Waals surface area contributed by atoms with Gasteiger partial charge in [0.05, 0.1) is 11.4 Å². The molecule has 0 fully saturated rings. The molecular weight excluding hydrogens is 428 g/mol. The molecule has 0 aliphatic carbocycles. The summed E-state index contributed by atoms with van der Waals surface area (Å²) < 4.78 is 28.6. The molecule has 2 heterocycles. The molecule has 2 aromatic carbocycles. The molecular formula is C24H26N2O3S2. The molecule has 1 aliphatic heterocycles. The normalized spacial score (nSPS) is 14.0. The van der Waals surface area contributed by atoms with E-state index in [1.165, 1.54) is 9.18 Å². The van der Waals surface area contributed by atoms with Crippen LogP contribution in [0.3, 0.4) is 0 Å². The van der Waals surface area contributed by atoms with Crippen molar-refractivity contribution in [2.45, 2.75) is 38.3 Å². The van der Waals surface area contributed by atoms with Crippen molar-refractivity contribution >= 4 is 27.3 Å². The Labute approximate surface area is 188 Å². The van der Waals surface area contributed by atoms with E-state index in [9.17, 15) is 13.2 Å². The molecule has 0 atom stereocenters. The van der Waals surface area contributed by atoms with Crippen LogP contribution >= 0.6 is 11.3 Å². The number of fused-ring (bicyclic) bond motifs is 1. The van der Waals surface area contributed by atoms with Crippen molar-refractivity contribution in [2.24, 2.45) is 0 Å². The van der Waals surface area contributed by atoms with Crippen LogP contribution in [0.5, 0.6) is 0 Å². The van der Waals surface area contributed by atoms with Gasteiger partial charge in [-0.3, -0.25) is 4.79 Å². The minimum Gasteiger partial charge on any atom is -0.337 e. The smallest absolute Gasteiger partial charge is 0.244 e. The van der Waals surface area contributed by atoms with Crippen molar-refractivity contribution < 1.29 is 13.2 Å². The predicted molar refractivity (Wildman–Crippen MR) is 123 cm³/mol. The minimum atomic E-state index is -3.85. The van der Waals surface area contributed by atoms with Gasteiger partial charge < -0.3 is 4.90 Å². The first kappa shape index (κ1) is 21.7. The zero-order valence-corrected chi connectivity index (χ0v) is 19.4. The Morgan fingerprint density at radius 1 is 1.10 bits per heavy atom. The van der Waals surface area contributed by atoms with E-state index >= 15 is 0 Å². The van der Waals surface area contributed by atoms with E-state index in [0.29, 0.717) is 18.7 Å². The lowest BCUT2D eigenvalue weighted by atomic mass is 10.1. The number of rotatable bonds is 6. The fraction of sp³-hybridized carbons (Fsp3) is 0.292. The third-order valence-corrected chi connectivity index (χ3v) is 8.59. The van der Waals surface area contributed by atoms with Crippen LogP contribution in [0.2, 0.25) is 0 Å². The molecule has 0 radical (unpaired) electrons. The highest BCUT2D eigenvalue weighted by Crippen LogP contribution is 2.26. The van der Waals surface area contributed by atoms with Gasteiger partial charge >= 0.3 is 0 Å². The van der Waals surface area contributed by atoms with Gasteiger partial charge in [0.15, 0.2) is 0 Å². The van der Waals surface area contributed by atoms with Crippen molar-refractivity contribution in [3.63, 3.8) is 0 Å². The van der Waals surface area contributed by atoms with Gasteiger partial charge in [-0.05, 0) is 60.0 Å². The lowest BCUT2D eigenvalue weighted by molar-refractivity contribution is -0.132. The Kier molecular flexibility index (Phi) is 6.27. The summed E-state index contributed by atoms with van der Waals surface area (Å²) in [6.07, 6.45) is 0.821. The maximum absolute atomic E-state index is 13.6. The van der Waals surface area contributed by atoms with Gasteiger partial charge in [0.2, 0.25) is 15.9 Å². The first-order valence-corrected chi connectivity index (χ1v) is 12.6. The van der Waals surface area contributed by atoms with Crippen LogP contribution in [-0.2, 0) is 34.3 Å². The number of hydrogen-bond donors (Lipinski definition) is 0. The molecule has 1 amide bonds. The number of nitrogens with zero attached hydrogens (tertiary/aromatic N) is 2. The van der Waals surface area contributed by atoms with Crippen LogP contribution in [-0.4, -0.2) is 36.6 Å². The van der Waals surface area contributed by atoms with E-state index in [1.54, 1.807) is 29.2 Å². The van der Waals surface area contributed by atoms with Crippen molar-refractivity contribution in [1.29, 1.82) is 0 Å². The van der Waals surface area contributed by atoms with Crippen LogP contribution in [0, 0.1) is 13.8 Å². The van der Waals surface area contributed by atoms with E-state index < -0.39 is 10.0 Å². The van der Waals surface area contributed by atoms with Gasteiger partial charge in [-0.2, -0.15) is 4.31 Å². The molecule has 1 aromatic heterocycles. The zero-order chi connectivity index (χ0) is 22.0. The molecule has 31 heavy (non-hydrogen) atoms. The highest BCUT2D eigenvalue weighted by atomic mass is 32.2. The summed E-state index contributed by atoms with van der Waals surface area (Å²) in [7, 11) is -3.85.